The zero-order valence-electron chi connectivity index (χ0n) is 9.81. The van der Waals surface area contributed by atoms with E-state index in [-0.39, 0.29) is 11.7 Å². The number of thioether (sulfide) groups is 1. The molecule has 7 heteroatoms. The van der Waals surface area contributed by atoms with Crippen LogP contribution in [0.1, 0.15) is 12.0 Å². The van der Waals surface area contributed by atoms with Gasteiger partial charge in [-0.3, -0.25) is 4.79 Å². The molecule has 1 aromatic rings. The van der Waals surface area contributed by atoms with Crippen LogP contribution in [0.25, 0.3) is 0 Å². The largest absolute Gasteiger partial charge is 0.409 e. The van der Waals surface area contributed by atoms with Gasteiger partial charge in [0.15, 0.2) is 5.84 Å². The van der Waals surface area contributed by atoms with E-state index in [1.165, 1.54) is 6.07 Å². The molecule has 0 aliphatic heterocycles. The first-order valence-electron chi connectivity index (χ1n) is 5.14. The molecule has 0 fully saturated rings. The van der Waals surface area contributed by atoms with Crippen LogP contribution in [0.2, 0.25) is 5.02 Å². The maximum atomic E-state index is 11.5. The minimum absolute atomic E-state index is 0.0304. The van der Waals surface area contributed by atoms with Crippen molar-refractivity contribution >= 4 is 40.8 Å². The second-order valence-electron chi connectivity index (χ2n) is 3.47. The molecule has 0 unspecified atom stereocenters. The van der Waals surface area contributed by atoms with E-state index in [0.29, 0.717) is 22.7 Å². The van der Waals surface area contributed by atoms with Crippen LogP contribution >= 0.6 is 23.4 Å². The number of halogens is 1. The highest BCUT2D eigenvalue weighted by Crippen LogP contribution is 2.23. The Hall–Kier alpha value is -1.40. The van der Waals surface area contributed by atoms with Crippen molar-refractivity contribution in [2.75, 3.05) is 17.3 Å². The summed E-state index contributed by atoms with van der Waals surface area (Å²) in [6.07, 6.45) is 2.37. The van der Waals surface area contributed by atoms with Gasteiger partial charge in [0.25, 0.3) is 0 Å². The van der Waals surface area contributed by atoms with Crippen LogP contribution in [-0.4, -0.2) is 29.0 Å². The van der Waals surface area contributed by atoms with Crippen LogP contribution in [0.15, 0.2) is 23.4 Å². The molecular formula is C11H14ClN3O2S. The standard InChI is InChI=1S/C11H14ClN3O2S/c1-18-5-4-10(16)14-9-3-2-7(6-8(9)12)11(13)15-17/h2-3,6,17H,4-5H2,1H3,(H2,13,15)(H,14,16). The summed E-state index contributed by atoms with van der Waals surface area (Å²) in [7, 11) is 0. The molecule has 1 amide bonds. The van der Waals surface area contributed by atoms with Gasteiger partial charge in [0, 0.05) is 17.7 Å². The first-order chi connectivity index (χ1) is 8.58. The Morgan fingerprint density at radius 1 is 1.61 bits per heavy atom. The third kappa shape index (κ3) is 4.12. The van der Waals surface area contributed by atoms with Crippen LogP contribution in [-0.2, 0) is 4.79 Å². The van der Waals surface area contributed by atoms with E-state index < -0.39 is 0 Å². The van der Waals surface area contributed by atoms with Gasteiger partial charge in [-0.05, 0) is 24.5 Å². The highest BCUT2D eigenvalue weighted by molar-refractivity contribution is 7.98. The molecular weight excluding hydrogens is 274 g/mol. The van der Waals surface area contributed by atoms with Crippen LogP contribution in [0.4, 0.5) is 5.69 Å². The number of hydrogen-bond acceptors (Lipinski definition) is 4. The lowest BCUT2D eigenvalue weighted by atomic mass is 10.2. The zero-order chi connectivity index (χ0) is 13.5. The minimum atomic E-state index is -0.0946. The summed E-state index contributed by atoms with van der Waals surface area (Å²) in [6.45, 7) is 0. The maximum Gasteiger partial charge on any atom is 0.225 e. The lowest BCUT2D eigenvalue weighted by Crippen LogP contribution is -2.15. The highest BCUT2D eigenvalue weighted by Gasteiger charge is 2.08. The smallest absolute Gasteiger partial charge is 0.225 e. The van der Waals surface area contributed by atoms with E-state index in [1.807, 2.05) is 6.26 Å². The van der Waals surface area contributed by atoms with Crippen LogP contribution < -0.4 is 11.1 Å². The molecule has 0 aliphatic rings. The van der Waals surface area contributed by atoms with Crippen LogP contribution in [0, 0.1) is 0 Å². The number of rotatable bonds is 5. The molecule has 0 saturated carbocycles. The van der Waals surface area contributed by atoms with Crippen molar-refractivity contribution in [1.82, 2.24) is 0 Å². The maximum absolute atomic E-state index is 11.5. The van der Waals surface area contributed by atoms with Crippen molar-refractivity contribution in [3.63, 3.8) is 0 Å². The van der Waals surface area contributed by atoms with Gasteiger partial charge in [-0.15, -0.1) is 0 Å². The molecule has 98 valence electrons. The Balaban J connectivity index is 2.77. The van der Waals surface area contributed by atoms with Gasteiger partial charge in [-0.1, -0.05) is 16.8 Å². The Labute approximate surface area is 114 Å². The second kappa shape index (κ2) is 7.13. The number of oxime groups is 1. The number of nitrogens with zero attached hydrogens (tertiary/aromatic N) is 1. The number of anilines is 1. The molecule has 1 rings (SSSR count). The molecule has 1 aromatic carbocycles. The molecule has 0 atom stereocenters. The van der Waals surface area contributed by atoms with Gasteiger partial charge >= 0.3 is 0 Å². The summed E-state index contributed by atoms with van der Waals surface area (Å²) in [5, 5.41) is 14.5. The third-order valence-corrected chi connectivity index (χ3v) is 3.11. The van der Waals surface area contributed by atoms with Gasteiger partial charge in [0.05, 0.1) is 10.7 Å². The SMILES string of the molecule is CSCCC(=O)Nc1ccc(/C(N)=N/O)cc1Cl. The van der Waals surface area contributed by atoms with Crippen molar-refractivity contribution in [3.8, 4) is 0 Å². The van der Waals surface area contributed by atoms with Crippen molar-refractivity contribution in [2.45, 2.75) is 6.42 Å². The normalized spacial score (nSPS) is 11.3. The predicted molar refractivity (Wildman–Crippen MR) is 75.6 cm³/mol. The summed E-state index contributed by atoms with van der Waals surface area (Å²) in [4.78, 5) is 11.5. The highest BCUT2D eigenvalue weighted by atomic mass is 35.5. The summed E-state index contributed by atoms with van der Waals surface area (Å²) in [5.74, 6) is 0.631. The van der Waals surface area contributed by atoms with Crippen LogP contribution in [0.5, 0.6) is 0 Å². The number of amides is 1. The molecule has 18 heavy (non-hydrogen) atoms. The van der Waals surface area contributed by atoms with E-state index >= 15 is 0 Å². The van der Waals surface area contributed by atoms with E-state index in [2.05, 4.69) is 10.5 Å². The molecule has 0 radical (unpaired) electrons. The van der Waals surface area contributed by atoms with Gasteiger partial charge in [0.2, 0.25) is 5.91 Å². The van der Waals surface area contributed by atoms with E-state index in [4.69, 9.17) is 22.5 Å². The molecule has 5 nitrogen and oxygen atoms in total. The van der Waals surface area contributed by atoms with E-state index in [9.17, 15) is 4.79 Å². The molecule has 4 N–H and O–H groups in total. The zero-order valence-corrected chi connectivity index (χ0v) is 11.4. The fourth-order valence-corrected chi connectivity index (χ4v) is 1.86. The lowest BCUT2D eigenvalue weighted by molar-refractivity contribution is -0.115. The predicted octanol–water partition coefficient (Wildman–Crippen LogP) is 2.13. The quantitative estimate of drug-likeness (QED) is 0.335. The third-order valence-electron chi connectivity index (χ3n) is 2.18. The Morgan fingerprint density at radius 2 is 2.33 bits per heavy atom. The summed E-state index contributed by atoms with van der Waals surface area (Å²) < 4.78 is 0. The molecule has 0 spiro atoms. The Morgan fingerprint density at radius 3 is 2.89 bits per heavy atom. The van der Waals surface area contributed by atoms with Gasteiger partial charge in [0.1, 0.15) is 0 Å². The van der Waals surface area contributed by atoms with Crippen molar-refractivity contribution in [3.05, 3.63) is 28.8 Å². The van der Waals surface area contributed by atoms with E-state index in [0.717, 1.165) is 5.75 Å². The number of benzene rings is 1. The molecule has 0 saturated heterocycles. The summed E-state index contributed by atoms with van der Waals surface area (Å²) in [5.41, 5.74) is 6.43. The molecule has 0 bridgehead atoms. The number of amidine groups is 1. The molecule has 0 heterocycles. The summed E-state index contributed by atoms with van der Waals surface area (Å²) >= 11 is 7.60. The number of hydrogen-bond donors (Lipinski definition) is 3. The monoisotopic (exact) mass is 287 g/mol. The van der Waals surface area contributed by atoms with E-state index in [1.54, 1.807) is 23.9 Å². The van der Waals surface area contributed by atoms with Gasteiger partial charge in [-0.2, -0.15) is 11.8 Å². The number of carbonyl (C=O) groups is 1. The van der Waals surface area contributed by atoms with Crippen molar-refractivity contribution in [2.24, 2.45) is 10.9 Å². The molecule has 0 aromatic heterocycles. The second-order valence-corrected chi connectivity index (χ2v) is 4.86. The summed E-state index contributed by atoms with van der Waals surface area (Å²) in [6, 6.07) is 4.76. The van der Waals surface area contributed by atoms with Gasteiger partial charge < -0.3 is 16.3 Å². The topological polar surface area (TPSA) is 87.7 Å². The average molecular weight is 288 g/mol. The first kappa shape index (κ1) is 14.7. The number of nitrogens with one attached hydrogen (secondary N) is 1. The first-order valence-corrected chi connectivity index (χ1v) is 6.92. The van der Waals surface area contributed by atoms with Crippen LogP contribution in [0.3, 0.4) is 0 Å². The molecule has 0 aliphatic carbocycles. The van der Waals surface area contributed by atoms with Gasteiger partial charge in [-0.25, -0.2) is 0 Å². The minimum Gasteiger partial charge on any atom is -0.409 e. The van der Waals surface area contributed by atoms with Crippen molar-refractivity contribution in [1.29, 1.82) is 0 Å². The Bertz CT molecular complexity index is 466. The Kier molecular flexibility index (Phi) is 5.80. The van der Waals surface area contributed by atoms with Crippen molar-refractivity contribution < 1.29 is 10.0 Å². The number of nitrogens with two attached hydrogens (primary N) is 1. The fraction of sp³-hybridized carbons (Fsp3) is 0.273. The fourth-order valence-electron chi connectivity index (χ4n) is 1.24. The lowest BCUT2D eigenvalue weighted by Gasteiger charge is -2.08. The number of carbonyl (C=O) groups excluding carboxylic acids is 1. The average Bonchev–Trinajstić information content (AvgIpc) is 2.37.